The molecule has 2 saturated carbocycles. The second-order valence-corrected chi connectivity index (χ2v) is 9.70. The Bertz CT molecular complexity index is 1130. The molecule has 0 amide bonds. The summed E-state index contributed by atoms with van der Waals surface area (Å²) in [5, 5.41) is 11.6. The van der Waals surface area contributed by atoms with E-state index in [2.05, 4.69) is 42.5 Å². The van der Waals surface area contributed by atoms with E-state index in [1.54, 1.807) is 6.33 Å². The van der Waals surface area contributed by atoms with E-state index in [0.717, 1.165) is 36.0 Å². The van der Waals surface area contributed by atoms with Crippen molar-refractivity contribution in [1.29, 1.82) is 0 Å². The molecule has 0 atom stereocenters. The van der Waals surface area contributed by atoms with Crippen LogP contribution in [0.2, 0.25) is 0 Å². The smallest absolute Gasteiger partial charge is 0.379 e. The standard InChI is InChI=1S/C22H21BrF3N5/c1-31-13-29-30-19(31)21(11-20(12-21)5-6-20)14-3-2-4-16(7-14)27-10-18-17(22(24,25)26)8-15(23)9-28-18/h2-4,7-9,13,27H,5-6,10-12H2,1H3. The molecule has 0 radical (unpaired) electrons. The van der Waals surface area contributed by atoms with Crippen LogP contribution in [0.5, 0.6) is 0 Å². The van der Waals surface area contributed by atoms with Crippen LogP contribution in [0.1, 0.15) is 48.3 Å². The number of hydrogen-bond donors (Lipinski definition) is 1. The zero-order valence-electron chi connectivity index (χ0n) is 16.9. The van der Waals surface area contributed by atoms with Gasteiger partial charge in [0, 0.05) is 23.4 Å². The molecule has 5 rings (SSSR count). The Kier molecular flexibility index (Phi) is 4.66. The fraction of sp³-hybridized carbons (Fsp3) is 0.409. The lowest BCUT2D eigenvalue weighted by Crippen LogP contribution is -2.45. The van der Waals surface area contributed by atoms with Crippen molar-refractivity contribution < 1.29 is 13.2 Å². The summed E-state index contributed by atoms with van der Waals surface area (Å²) in [4.78, 5) is 3.99. The number of aromatic nitrogens is 4. The number of benzene rings is 1. The third-order valence-electron chi connectivity index (χ3n) is 6.57. The monoisotopic (exact) mass is 491 g/mol. The van der Waals surface area contributed by atoms with Gasteiger partial charge in [0.2, 0.25) is 0 Å². The maximum Gasteiger partial charge on any atom is 0.418 e. The lowest BCUT2D eigenvalue weighted by atomic mass is 9.56. The van der Waals surface area contributed by atoms with Crippen LogP contribution in [0.25, 0.3) is 0 Å². The number of hydrogen-bond acceptors (Lipinski definition) is 4. The Morgan fingerprint density at radius 2 is 1.97 bits per heavy atom. The topological polar surface area (TPSA) is 55.6 Å². The van der Waals surface area contributed by atoms with Crippen LogP contribution in [-0.2, 0) is 25.2 Å². The van der Waals surface area contributed by atoms with Gasteiger partial charge in [0.15, 0.2) is 0 Å². The van der Waals surface area contributed by atoms with Crippen LogP contribution in [-0.4, -0.2) is 19.7 Å². The van der Waals surface area contributed by atoms with E-state index in [1.165, 1.54) is 19.0 Å². The number of anilines is 1. The van der Waals surface area contributed by atoms with E-state index in [0.29, 0.717) is 9.89 Å². The summed E-state index contributed by atoms with van der Waals surface area (Å²) < 4.78 is 42.5. The van der Waals surface area contributed by atoms with Gasteiger partial charge in [-0.1, -0.05) is 12.1 Å². The van der Waals surface area contributed by atoms with E-state index in [1.807, 2.05) is 29.8 Å². The number of halogens is 4. The number of pyridine rings is 1. The van der Waals surface area contributed by atoms with Gasteiger partial charge in [0.1, 0.15) is 12.2 Å². The molecule has 0 unspecified atom stereocenters. The summed E-state index contributed by atoms with van der Waals surface area (Å²) in [5.41, 5.74) is 1.32. The lowest BCUT2D eigenvalue weighted by molar-refractivity contribution is -0.138. The highest BCUT2D eigenvalue weighted by atomic mass is 79.9. The Labute approximate surface area is 186 Å². The van der Waals surface area contributed by atoms with E-state index < -0.39 is 11.7 Å². The van der Waals surface area contributed by atoms with Crippen molar-refractivity contribution in [1.82, 2.24) is 19.7 Å². The number of nitrogens with zero attached hydrogens (tertiary/aromatic N) is 4. The molecule has 9 heteroatoms. The predicted molar refractivity (Wildman–Crippen MR) is 113 cm³/mol. The third kappa shape index (κ3) is 3.62. The molecule has 2 aliphatic rings. The van der Waals surface area contributed by atoms with Crippen LogP contribution in [0.15, 0.2) is 47.3 Å². The molecule has 0 bridgehead atoms. The largest absolute Gasteiger partial charge is 0.418 e. The molecule has 0 saturated heterocycles. The second-order valence-electron chi connectivity index (χ2n) is 8.78. The summed E-state index contributed by atoms with van der Waals surface area (Å²) >= 11 is 3.07. The molecule has 2 aliphatic carbocycles. The Hall–Kier alpha value is -2.42. The summed E-state index contributed by atoms with van der Waals surface area (Å²) in [7, 11) is 1.95. The fourth-order valence-electron chi connectivity index (χ4n) is 4.93. The van der Waals surface area contributed by atoms with Crippen LogP contribution >= 0.6 is 15.9 Å². The molecule has 1 aromatic carbocycles. The maximum absolute atomic E-state index is 13.4. The van der Waals surface area contributed by atoms with Crippen molar-refractivity contribution in [2.24, 2.45) is 12.5 Å². The average molecular weight is 492 g/mol. The summed E-state index contributed by atoms with van der Waals surface area (Å²) in [6, 6.07) is 8.97. The van der Waals surface area contributed by atoms with Gasteiger partial charge < -0.3 is 9.88 Å². The van der Waals surface area contributed by atoms with E-state index in [9.17, 15) is 13.2 Å². The lowest BCUT2D eigenvalue weighted by Gasteiger charge is -2.48. The summed E-state index contributed by atoms with van der Waals surface area (Å²) in [6.07, 6.45) is 3.20. The summed E-state index contributed by atoms with van der Waals surface area (Å²) in [6.45, 7) is -0.0214. The highest BCUT2D eigenvalue weighted by molar-refractivity contribution is 9.10. The Morgan fingerprint density at radius 1 is 1.19 bits per heavy atom. The van der Waals surface area contributed by atoms with Crippen molar-refractivity contribution in [3.05, 3.63) is 70.0 Å². The molecule has 2 fully saturated rings. The molecule has 1 spiro atoms. The van der Waals surface area contributed by atoms with Crippen LogP contribution in [0.4, 0.5) is 18.9 Å². The van der Waals surface area contributed by atoms with Crippen molar-refractivity contribution >= 4 is 21.6 Å². The minimum atomic E-state index is -4.46. The van der Waals surface area contributed by atoms with Crippen LogP contribution < -0.4 is 5.32 Å². The van der Waals surface area contributed by atoms with Gasteiger partial charge >= 0.3 is 6.18 Å². The molecule has 5 nitrogen and oxygen atoms in total. The number of aryl methyl sites for hydroxylation is 1. The van der Waals surface area contributed by atoms with Crippen molar-refractivity contribution in [3.8, 4) is 0 Å². The number of nitrogens with one attached hydrogen (secondary N) is 1. The van der Waals surface area contributed by atoms with Crippen molar-refractivity contribution in [3.63, 3.8) is 0 Å². The molecule has 0 aliphatic heterocycles. The van der Waals surface area contributed by atoms with Crippen molar-refractivity contribution in [2.45, 2.75) is 43.8 Å². The fourth-order valence-corrected chi connectivity index (χ4v) is 5.26. The number of rotatable bonds is 5. The van der Waals surface area contributed by atoms with E-state index in [4.69, 9.17) is 0 Å². The quantitative estimate of drug-likeness (QED) is 0.514. The minimum Gasteiger partial charge on any atom is -0.379 e. The highest BCUT2D eigenvalue weighted by Gasteiger charge is 2.63. The molecule has 162 valence electrons. The first kappa shape index (κ1) is 20.5. The van der Waals surface area contributed by atoms with Crippen LogP contribution in [0.3, 0.4) is 0 Å². The molecule has 31 heavy (non-hydrogen) atoms. The third-order valence-corrected chi connectivity index (χ3v) is 7.00. The molecular weight excluding hydrogens is 471 g/mol. The normalized spacial score (nSPS) is 18.6. The van der Waals surface area contributed by atoms with E-state index in [-0.39, 0.29) is 17.7 Å². The second kappa shape index (κ2) is 7.05. The Balaban J connectivity index is 1.42. The highest BCUT2D eigenvalue weighted by Crippen LogP contribution is 2.70. The molecule has 2 heterocycles. The zero-order valence-corrected chi connectivity index (χ0v) is 18.5. The molecule has 1 N–H and O–H groups in total. The van der Waals surface area contributed by atoms with Crippen molar-refractivity contribution in [2.75, 3.05) is 5.32 Å². The van der Waals surface area contributed by atoms with Gasteiger partial charge in [-0.05, 0) is 70.8 Å². The van der Waals surface area contributed by atoms with Gasteiger partial charge in [-0.15, -0.1) is 10.2 Å². The van der Waals surface area contributed by atoms with Gasteiger partial charge in [-0.3, -0.25) is 4.98 Å². The van der Waals surface area contributed by atoms with Gasteiger partial charge in [0.25, 0.3) is 0 Å². The summed E-state index contributed by atoms with van der Waals surface area (Å²) in [5.74, 6) is 0.941. The average Bonchev–Trinajstić information content (AvgIpc) is 3.38. The molecular formula is C22H21BrF3N5. The predicted octanol–water partition coefficient (Wildman–Crippen LogP) is 5.46. The first-order valence-corrected chi connectivity index (χ1v) is 10.9. The minimum absolute atomic E-state index is 0.0214. The van der Waals surface area contributed by atoms with Gasteiger partial charge in [-0.2, -0.15) is 13.2 Å². The van der Waals surface area contributed by atoms with Gasteiger partial charge in [0.05, 0.1) is 23.2 Å². The first-order chi connectivity index (χ1) is 14.7. The Morgan fingerprint density at radius 3 is 2.61 bits per heavy atom. The zero-order chi connectivity index (χ0) is 21.9. The molecule has 2 aromatic heterocycles. The maximum atomic E-state index is 13.4. The van der Waals surface area contributed by atoms with Crippen LogP contribution in [0, 0.1) is 5.41 Å². The molecule has 3 aromatic rings. The first-order valence-electron chi connectivity index (χ1n) is 10.1. The van der Waals surface area contributed by atoms with Gasteiger partial charge in [-0.25, -0.2) is 0 Å². The van der Waals surface area contributed by atoms with E-state index >= 15 is 0 Å². The SMILES string of the molecule is Cn1cnnc1C1(c2cccc(NCc3ncc(Br)cc3C(F)(F)F)c2)CC2(CC2)C1. The number of alkyl halides is 3.